The van der Waals surface area contributed by atoms with Crippen molar-refractivity contribution < 1.29 is 14.3 Å². The molecule has 0 radical (unpaired) electrons. The van der Waals surface area contributed by atoms with E-state index in [4.69, 9.17) is 4.74 Å². The third kappa shape index (κ3) is 1.70. The first-order valence-corrected chi connectivity index (χ1v) is 6.87. The number of hydrogen-bond donors (Lipinski definition) is 0. The molecule has 2 amide bonds. The van der Waals surface area contributed by atoms with Gasteiger partial charge in [-0.2, -0.15) is 0 Å². The molecular weight excluding hydrogens is 256 g/mol. The molecular formula is C15H18N2O3. The number of fused-ring (bicyclic) bond motifs is 2. The van der Waals surface area contributed by atoms with Crippen LogP contribution < -0.4 is 0 Å². The molecule has 1 saturated heterocycles. The number of carbonyl (C=O) groups is 2. The molecule has 0 aliphatic carbocycles. The molecule has 3 rings (SSSR count). The molecule has 2 heterocycles. The van der Waals surface area contributed by atoms with Crippen LogP contribution in [0.15, 0.2) is 24.3 Å². The minimum atomic E-state index is -0.993. The van der Waals surface area contributed by atoms with Crippen LogP contribution in [0, 0.1) is 0 Å². The van der Waals surface area contributed by atoms with Gasteiger partial charge in [-0.25, -0.2) is 10.0 Å². The van der Waals surface area contributed by atoms with Crippen molar-refractivity contribution in [3.05, 3.63) is 35.4 Å². The summed E-state index contributed by atoms with van der Waals surface area (Å²) in [6, 6.07) is 7.27. The van der Waals surface area contributed by atoms with Gasteiger partial charge in [0.1, 0.15) is 0 Å². The largest absolute Gasteiger partial charge is 0.360 e. The number of hydrazine groups is 1. The van der Waals surface area contributed by atoms with Gasteiger partial charge in [0.05, 0.1) is 0 Å². The van der Waals surface area contributed by atoms with Gasteiger partial charge in [0, 0.05) is 31.8 Å². The van der Waals surface area contributed by atoms with Gasteiger partial charge in [0.25, 0.3) is 11.8 Å². The SMILES string of the molecule is CN(C)N1C(=O)c2ccccc2C2(CCCCO2)C1=O. The van der Waals surface area contributed by atoms with E-state index >= 15 is 0 Å². The number of amides is 2. The standard InChI is InChI=1S/C15H18N2O3/c1-16(2)17-13(18)11-7-3-4-8-12(11)15(14(17)19)9-5-6-10-20-15/h3-4,7-8H,5-6,9-10H2,1-2H3. The molecule has 5 nitrogen and oxygen atoms in total. The third-order valence-corrected chi connectivity index (χ3v) is 3.99. The van der Waals surface area contributed by atoms with Gasteiger partial charge in [-0.3, -0.25) is 9.59 Å². The lowest BCUT2D eigenvalue weighted by molar-refractivity contribution is -0.177. The van der Waals surface area contributed by atoms with Gasteiger partial charge < -0.3 is 4.74 Å². The average molecular weight is 274 g/mol. The van der Waals surface area contributed by atoms with E-state index in [0.29, 0.717) is 24.2 Å². The topological polar surface area (TPSA) is 49.9 Å². The van der Waals surface area contributed by atoms with Crippen LogP contribution in [0.5, 0.6) is 0 Å². The molecule has 5 heteroatoms. The lowest BCUT2D eigenvalue weighted by Gasteiger charge is -2.44. The summed E-state index contributed by atoms with van der Waals surface area (Å²) in [6.45, 7) is 0.551. The number of ether oxygens (including phenoxy) is 1. The Morgan fingerprint density at radius 1 is 1.20 bits per heavy atom. The van der Waals surface area contributed by atoms with Crippen molar-refractivity contribution in [3.63, 3.8) is 0 Å². The number of rotatable bonds is 1. The van der Waals surface area contributed by atoms with E-state index in [0.717, 1.165) is 12.8 Å². The van der Waals surface area contributed by atoms with Gasteiger partial charge in [0.2, 0.25) is 0 Å². The fraction of sp³-hybridized carbons (Fsp3) is 0.467. The van der Waals surface area contributed by atoms with Crippen molar-refractivity contribution in [1.29, 1.82) is 0 Å². The summed E-state index contributed by atoms with van der Waals surface area (Å²) < 4.78 is 5.90. The van der Waals surface area contributed by atoms with Gasteiger partial charge in [-0.1, -0.05) is 18.2 Å². The molecule has 2 aliphatic rings. The van der Waals surface area contributed by atoms with Crippen LogP contribution in [-0.2, 0) is 15.1 Å². The fourth-order valence-electron chi connectivity index (χ4n) is 3.05. The summed E-state index contributed by atoms with van der Waals surface area (Å²) in [6.07, 6.45) is 2.50. The summed E-state index contributed by atoms with van der Waals surface area (Å²) in [5.74, 6) is -0.554. The summed E-state index contributed by atoms with van der Waals surface area (Å²) in [7, 11) is 3.39. The Kier molecular flexibility index (Phi) is 3.11. The first kappa shape index (κ1) is 13.3. The highest BCUT2D eigenvalue weighted by molar-refractivity contribution is 6.12. The van der Waals surface area contributed by atoms with E-state index in [1.165, 1.54) is 10.0 Å². The van der Waals surface area contributed by atoms with Gasteiger partial charge in [-0.15, -0.1) is 0 Å². The summed E-state index contributed by atoms with van der Waals surface area (Å²) in [5, 5.41) is 2.72. The van der Waals surface area contributed by atoms with Crippen LogP contribution >= 0.6 is 0 Å². The molecule has 0 N–H and O–H groups in total. The maximum absolute atomic E-state index is 12.9. The maximum atomic E-state index is 12.9. The van der Waals surface area contributed by atoms with E-state index in [1.807, 2.05) is 18.2 Å². The molecule has 2 aliphatic heterocycles. The Balaban J connectivity index is 2.20. The minimum Gasteiger partial charge on any atom is -0.360 e. The van der Waals surface area contributed by atoms with Crippen LogP contribution in [0.25, 0.3) is 0 Å². The number of carbonyl (C=O) groups excluding carboxylic acids is 2. The second-order valence-electron chi connectivity index (χ2n) is 5.45. The molecule has 20 heavy (non-hydrogen) atoms. The van der Waals surface area contributed by atoms with Gasteiger partial charge in [-0.05, 0) is 25.3 Å². The average Bonchev–Trinajstić information content (AvgIpc) is 2.46. The quantitative estimate of drug-likeness (QED) is 0.729. The van der Waals surface area contributed by atoms with E-state index in [-0.39, 0.29) is 11.8 Å². The molecule has 1 fully saturated rings. The number of imide groups is 1. The molecule has 1 atom stereocenters. The van der Waals surface area contributed by atoms with Crippen LogP contribution in [0.1, 0.15) is 35.2 Å². The van der Waals surface area contributed by atoms with Crippen LogP contribution in [0.3, 0.4) is 0 Å². The monoisotopic (exact) mass is 274 g/mol. The van der Waals surface area contributed by atoms with Gasteiger partial charge in [0.15, 0.2) is 5.60 Å². The zero-order valence-corrected chi connectivity index (χ0v) is 11.8. The van der Waals surface area contributed by atoms with Crippen molar-refractivity contribution in [3.8, 4) is 0 Å². The lowest BCUT2D eigenvalue weighted by Crippen LogP contribution is -2.60. The van der Waals surface area contributed by atoms with Crippen LogP contribution in [0.2, 0.25) is 0 Å². The lowest BCUT2D eigenvalue weighted by atomic mass is 9.80. The van der Waals surface area contributed by atoms with E-state index in [9.17, 15) is 9.59 Å². The van der Waals surface area contributed by atoms with E-state index in [1.54, 1.807) is 20.2 Å². The second kappa shape index (κ2) is 4.68. The summed E-state index contributed by atoms with van der Waals surface area (Å²) in [4.78, 5) is 25.4. The minimum absolute atomic E-state index is 0.272. The highest BCUT2D eigenvalue weighted by Gasteiger charge is 2.53. The van der Waals surface area contributed by atoms with Crippen LogP contribution in [0.4, 0.5) is 0 Å². The fourth-order valence-corrected chi connectivity index (χ4v) is 3.05. The molecule has 106 valence electrons. The molecule has 1 spiro atoms. The summed E-state index contributed by atoms with van der Waals surface area (Å²) >= 11 is 0. The van der Waals surface area contributed by atoms with Crippen LogP contribution in [-0.4, -0.2) is 42.5 Å². The molecule has 0 bridgehead atoms. The number of benzene rings is 1. The van der Waals surface area contributed by atoms with Crippen molar-refractivity contribution >= 4 is 11.8 Å². The Hall–Kier alpha value is -1.72. The normalized spacial score (nSPS) is 26.2. The van der Waals surface area contributed by atoms with E-state index in [2.05, 4.69) is 0 Å². The Morgan fingerprint density at radius 3 is 2.60 bits per heavy atom. The predicted octanol–water partition coefficient (Wildman–Crippen LogP) is 1.54. The van der Waals surface area contributed by atoms with Crippen molar-refractivity contribution in [2.45, 2.75) is 24.9 Å². The van der Waals surface area contributed by atoms with Crippen molar-refractivity contribution in [2.75, 3.05) is 20.7 Å². The van der Waals surface area contributed by atoms with Crippen molar-refractivity contribution in [1.82, 2.24) is 10.0 Å². The van der Waals surface area contributed by atoms with Gasteiger partial charge >= 0.3 is 0 Å². The molecule has 1 aromatic rings. The zero-order chi connectivity index (χ0) is 14.3. The predicted molar refractivity (Wildman–Crippen MR) is 72.8 cm³/mol. The van der Waals surface area contributed by atoms with E-state index < -0.39 is 5.60 Å². The molecule has 1 unspecified atom stereocenters. The van der Waals surface area contributed by atoms with Crippen molar-refractivity contribution in [2.24, 2.45) is 0 Å². The third-order valence-electron chi connectivity index (χ3n) is 3.99. The molecule has 1 aromatic carbocycles. The first-order valence-electron chi connectivity index (χ1n) is 6.87. The molecule has 0 saturated carbocycles. The number of nitrogens with zero attached hydrogens (tertiary/aromatic N) is 2. The first-order chi connectivity index (χ1) is 9.58. The second-order valence-corrected chi connectivity index (χ2v) is 5.45. The highest BCUT2D eigenvalue weighted by Crippen LogP contribution is 2.42. The Morgan fingerprint density at radius 2 is 1.95 bits per heavy atom. The zero-order valence-electron chi connectivity index (χ0n) is 11.8. The summed E-state index contributed by atoms with van der Waals surface area (Å²) in [5.41, 5.74) is 0.281. The Labute approximate surface area is 118 Å². The number of hydrogen-bond acceptors (Lipinski definition) is 4. The highest BCUT2D eigenvalue weighted by atomic mass is 16.5. The Bertz CT molecular complexity index is 562. The maximum Gasteiger partial charge on any atom is 0.281 e. The smallest absolute Gasteiger partial charge is 0.281 e. The molecule has 0 aromatic heterocycles.